The van der Waals surface area contributed by atoms with Crippen LogP contribution in [0.1, 0.15) is 32.3 Å². The van der Waals surface area contributed by atoms with Crippen molar-refractivity contribution >= 4 is 16.6 Å². The van der Waals surface area contributed by atoms with Gasteiger partial charge in [0.2, 0.25) is 0 Å². The van der Waals surface area contributed by atoms with E-state index in [1.54, 1.807) is 6.07 Å². The van der Waals surface area contributed by atoms with Crippen molar-refractivity contribution in [2.24, 2.45) is 0 Å². The summed E-state index contributed by atoms with van der Waals surface area (Å²) in [5.74, 6) is 0. The summed E-state index contributed by atoms with van der Waals surface area (Å²) in [5, 5.41) is 4.03. The molecule has 108 valence electrons. The Hall–Kier alpha value is -1.78. The van der Waals surface area contributed by atoms with Crippen molar-refractivity contribution in [3.8, 4) is 0 Å². The number of alkyl halides is 3. The van der Waals surface area contributed by atoms with Crippen LogP contribution >= 0.6 is 0 Å². The van der Waals surface area contributed by atoms with Gasteiger partial charge in [0.25, 0.3) is 0 Å². The molecule has 1 aromatic carbocycles. The lowest BCUT2D eigenvalue weighted by atomic mass is 10.1. The van der Waals surface area contributed by atoms with Gasteiger partial charge in [0.05, 0.1) is 11.1 Å². The van der Waals surface area contributed by atoms with Crippen LogP contribution in [-0.4, -0.2) is 11.0 Å². The molecule has 0 saturated heterocycles. The summed E-state index contributed by atoms with van der Waals surface area (Å²) in [6.07, 6.45) is -0.752. The van der Waals surface area contributed by atoms with E-state index in [9.17, 15) is 13.2 Å². The first-order chi connectivity index (χ1) is 9.41. The molecule has 0 radical (unpaired) electrons. The topological polar surface area (TPSA) is 24.9 Å². The first-order valence-corrected chi connectivity index (χ1v) is 6.64. The van der Waals surface area contributed by atoms with Gasteiger partial charge in [-0.1, -0.05) is 19.4 Å². The van der Waals surface area contributed by atoms with Gasteiger partial charge in [0.1, 0.15) is 0 Å². The molecule has 1 atom stereocenters. The Morgan fingerprint density at radius 2 is 2.00 bits per heavy atom. The average Bonchev–Trinajstić information content (AvgIpc) is 2.37. The van der Waals surface area contributed by atoms with Crippen LogP contribution in [0, 0.1) is 0 Å². The molecule has 0 aliphatic rings. The van der Waals surface area contributed by atoms with Crippen molar-refractivity contribution in [1.29, 1.82) is 0 Å². The van der Waals surface area contributed by atoms with E-state index in [0.717, 1.165) is 30.7 Å². The molecule has 0 fully saturated rings. The highest BCUT2D eigenvalue weighted by Crippen LogP contribution is 2.32. The number of nitrogens with one attached hydrogen (secondary N) is 1. The fourth-order valence-electron chi connectivity index (χ4n) is 2.22. The molecule has 2 aromatic rings. The monoisotopic (exact) mass is 282 g/mol. The zero-order valence-electron chi connectivity index (χ0n) is 11.5. The second kappa shape index (κ2) is 5.69. The standard InChI is InChI=1S/C15H17F3N2/c1-3-4-10(2)20-13-7-8-19-14-9-11(15(16,17)18)5-6-12(13)14/h5-10H,3-4H2,1-2H3,(H,19,20). The molecule has 1 N–H and O–H groups in total. The average molecular weight is 282 g/mol. The number of fused-ring (bicyclic) bond motifs is 1. The molecule has 0 saturated carbocycles. The number of hydrogen-bond donors (Lipinski definition) is 1. The lowest BCUT2D eigenvalue weighted by Crippen LogP contribution is -2.14. The minimum atomic E-state index is -4.34. The summed E-state index contributed by atoms with van der Waals surface area (Å²) in [5.41, 5.74) is 0.509. The molecule has 5 heteroatoms. The number of halogens is 3. The maximum atomic E-state index is 12.7. The van der Waals surface area contributed by atoms with Crippen LogP contribution in [0.4, 0.5) is 18.9 Å². The Bertz CT molecular complexity index is 593. The maximum absolute atomic E-state index is 12.7. The quantitative estimate of drug-likeness (QED) is 0.866. The van der Waals surface area contributed by atoms with Crippen LogP contribution in [0.2, 0.25) is 0 Å². The minimum Gasteiger partial charge on any atom is -0.382 e. The van der Waals surface area contributed by atoms with Gasteiger partial charge in [-0.3, -0.25) is 4.98 Å². The summed E-state index contributed by atoms with van der Waals surface area (Å²) >= 11 is 0. The van der Waals surface area contributed by atoms with E-state index in [1.807, 2.05) is 0 Å². The Morgan fingerprint density at radius 1 is 1.25 bits per heavy atom. The normalized spacial score (nSPS) is 13.4. The van der Waals surface area contributed by atoms with E-state index in [2.05, 4.69) is 24.1 Å². The molecule has 2 rings (SSSR count). The Balaban J connectivity index is 2.38. The van der Waals surface area contributed by atoms with Crippen molar-refractivity contribution in [2.45, 2.75) is 38.9 Å². The molecule has 0 spiro atoms. The summed E-state index contributed by atoms with van der Waals surface area (Å²) < 4.78 is 38.1. The second-order valence-corrected chi connectivity index (χ2v) is 4.92. The van der Waals surface area contributed by atoms with E-state index in [0.29, 0.717) is 10.9 Å². The van der Waals surface area contributed by atoms with Crippen LogP contribution in [0.3, 0.4) is 0 Å². The van der Waals surface area contributed by atoms with Crippen LogP contribution in [0.5, 0.6) is 0 Å². The third kappa shape index (κ3) is 3.21. The zero-order chi connectivity index (χ0) is 14.8. The molecular formula is C15H17F3N2. The van der Waals surface area contributed by atoms with Gasteiger partial charge in [-0.25, -0.2) is 0 Å². The summed E-state index contributed by atoms with van der Waals surface area (Å²) in [7, 11) is 0. The summed E-state index contributed by atoms with van der Waals surface area (Å²) in [4.78, 5) is 4.03. The molecular weight excluding hydrogens is 265 g/mol. The highest BCUT2D eigenvalue weighted by molar-refractivity contribution is 5.91. The first kappa shape index (κ1) is 14.6. The van der Waals surface area contributed by atoms with Gasteiger partial charge >= 0.3 is 6.18 Å². The molecule has 1 aromatic heterocycles. The number of rotatable bonds is 4. The van der Waals surface area contributed by atoms with E-state index >= 15 is 0 Å². The number of pyridine rings is 1. The van der Waals surface area contributed by atoms with Crippen molar-refractivity contribution < 1.29 is 13.2 Å². The third-order valence-corrected chi connectivity index (χ3v) is 3.19. The van der Waals surface area contributed by atoms with Gasteiger partial charge in [-0.15, -0.1) is 0 Å². The van der Waals surface area contributed by atoms with Crippen molar-refractivity contribution in [1.82, 2.24) is 4.98 Å². The smallest absolute Gasteiger partial charge is 0.382 e. The predicted molar refractivity (Wildman–Crippen MR) is 74.7 cm³/mol. The highest BCUT2D eigenvalue weighted by Gasteiger charge is 2.30. The molecule has 2 nitrogen and oxygen atoms in total. The molecule has 0 amide bonds. The van der Waals surface area contributed by atoms with Crippen molar-refractivity contribution in [3.63, 3.8) is 0 Å². The molecule has 0 aliphatic carbocycles. The van der Waals surface area contributed by atoms with E-state index < -0.39 is 11.7 Å². The van der Waals surface area contributed by atoms with Crippen LogP contribution in [0.25, 0.3) is 10.9 Å². The second-order valence-electron chi connectivity index (χ2n) is 4.92. The third-order valence-electron chi connectivity index (χ3n) is 3.19. The number of hydrogen-bond acceptors (Lipinski definition) is 2. The number of anilines is 1. The fourth-order valence-corrected chi connectivity index (χ4v) is 2.22. The predicted octanol–water partition coefficient (Wildman–Crippen LogP) is 4.85. The number of nitrogens with zero attached hydrogens (tertiary/aromatic N) is 1. The van der Waals surface area contributed by atoms with E-state index in [1.165, 1.54) is 12.3 Å². The fraction of sp³-hybridized carbons (Fsp3) is 0.400. The molecule has 1 unspecified atom stereocenters. The molecule has 0 aliphatic heterocycles. The van der Waals surface area contributed by atoms with Crippen LogP contribution in [-0.2, 0) is 6.18 Å². The summed E-state index contributed by atoms with van der Waals surface area (Å²) in [6, 6.07) is 5.73. The zero-order valence-corrected chi connectivity index (χ0v) is 11.5. The van der Waals surface area contributed by atoms with Gasteiger partial charge in [0.15, 0.2) is 0 Å². The lowest BCUT2D eigenvalue weighted by Gasteiger charge is -2.16. The Kier molecular flexibility index (Phi) is 4.16. The Morgan fingerprint density at radius 3 is 2.65 bits per heavy atom. The van der Waals surface area contributed by atoms with Crippen LogP contribution < -0.4 is 5.32 Å². The van der Waals surface area contributed by atoms with Gasteiger partial charge in [-0.2, -0.15) is 13.2 Å². The largest absolute Gasteiger partial charge is 0.416 e. The van der Waals surface area contributed by atoms with Gasteiger partial charge in [-0.05, 0) is 31.5 Å². The molecule has 20 heavy (non-hydrogen) atoms. The molecule has 0 bridgehead atoms. The SMILES string of the molecule is CCCC(C)Nc1ccnc2cc(C(F)(F)F)ccc12. The minimum absolute atomic E-state index is 0.271. The van der Waals surface area contributed by atoms with Crippen molar-refractivity contribution in [3.05, 3.63) is 36.0 Å². The van der Waals surface area contributed by atoms with E-state index in [4.69, 9.17) is 0 Å². The maximum Gasteiger partial charge on any atom is 0.416 e. The highest BCUT2D eigenvalue weighted by atomic mass is 19.4. The molecule has 1 heterocycles. The Labute approximate surface area is 116 Å². The number of aromatic nitrogens is 1. The first-order valence-electron chi connectivity index (χ1n) is 6.64. The van der Waals surface area contributed by atoms with Crippen LogP contribution in [0.15, 0.2) is 30.5 Å². The van der Waals surface area contributed by atoms with Crippen molar-refractivity contribution in [2.75, 3.05) is 5.32 Å². The number of benzene rings is 1. The summed E-state index contributed by atoms with van der Waals surface area (Å²) in [6.45, 7) is 4.15. The van der Waals surface area contributed by atoms with E-state index in [-0.39, 0.29) is 6.04 Å². The lowest BCUT2D eigenvalue weighted by molar-refractivity contribution is -0.137. The van der Waals surface area contributed by atoms with Gasteiger partial charge < -0.3 is 5.32 Å². The van der Waals surface area contributed by atoms with Gasteiger partial charge in [0, 0.05) is 23.3 Å².